The lowest BCUT2D eigenvalue weighted by atomic mass is 9.99. The number of nitrogens with one attached hydrogen (secondary N) is 1. The average molecular weight is 406 g/mol. The van der Waals surface area contributed by atoms with Gasteiger partial charge in [0.1, 0.15) is 11.3 Å². The Kier molecular flexibility index (Phi) is 5.82. The maximum absolute atomic E-state index is 13.0. The van der Waals surface area contributed by atoms with Crippen LogP contribution in [-0.2, 0) is 9.47 Å². The molecule has 0 fully saturated rings. The van der Waals surface area contributed by atoms with Gasteiger partial charge in [0.15, 0.2) is 0 Å². The van der Waals surface area contributed by atoms with E-state index in [1.807, 2.05) is 0 Å². The number of hydrogen-bond donors (Lipinski definition) is 1. The minimum Gasteiger partial charge on any atom is -0.465 e. The number of carbonyl (C=O) groups excluding carboxylic acids is 3. The number of nitrogens with zero attached hydrogens (tertiary/aromatic N) is 1. The topological polar surface area (TPSA) is 94.6 Å². The Hall–Kier alpha value is -3.74. The summed E-state index contributed by atoms with van der Waals surface area (Å²) in [6.07, 6.45) is 0.771. The summed E-state index contributed by atoms with van der Waals surface area (Å²) in [5.41, 5.74) is 0.809. The predicted octanol–water partition coefficient (Wildman–Crippen LogP) is 4.60. The molecule has 0 saturated carbocycles. The smallest absolute Gasteiger partial charge is 0.412 e. The van der Waals surface area contributed by atoms with Crippen molar-refractivity contribution in [2.45, 2.75) is 26.4 Å². The van der Waals surface area contributed by atoms with E-state index in [1.165, 1.54) is 13.3 Å². The Labute approximate surface area is 174 Å². The van der Waals surface area contributed by atoms with Gasteiger partial charge in [-0.25, -0.2) is 9.59 Å². The highest BCUT2D eigenvalue weighted by Crippen LogP contribution is 2.24. The number of aromatic nitrogens is 1. The van der Waals surface area contributed by atoms with Crippen LogP contribution in [0.15, 0.2) is 54.7 Å². The third-order valence-corrected chi connectivity index (χ3v) is 4.21. The Morgan fingerprint density at radius 1 is 0.933 bits per heavy atom. The summed E-state index contributed by atoms with van der Waals surface area (Å²) in [4.78, 5) is 41.1. The fraction of sp³-hybridized carbons (Fsp3) is 0.217. The zero-order valence-corrected chi connectivity index (χ0v) is 17.2. The van der Waals surface area contributed by atoms with E-state index < -0.39 is 17.7 Å². The van der Waals surface area contributed by atoms with E-state index in [0.717, 1.165) is 0 Å². The lowest BCUT2D eigenvalue weighted by molar-refractivity contribution is 0.0599. The van der Waals surface area contributed by atoms with Crippen molar-refractivity contribution in [3.8, 4) is 0 Å². The molecule has 0 aliphatic heterocycles. The highest BCUT2D eigenvalue weighted by Gasteiger charge is 2.20. The monoisotopic (exact) mass is 406 g/mol. The number of anilines is 1. The van der Waals surface area contributed by atoms with Crippen LogP contribution in [-0.4, -0.2) is 35.5 Å². The molecule has 0 bridgehead atoms. The normalized spacial score (nSPS) is 11.1. The first-order chi connectivity index (χ1) is 14.2. The van der Waals surface area contributed by atoms with Crippen LogP contribution in [0.3, 0.4) is 0 Å². The number of methoxy groups -OCH3 is 1. The van der Waals surface area contributed by atoms with Crippen LogP contribution in [0, 0.1) is 0 Å². The maximum atomic E-state index is 13.0. The van der Waals surface area contributed by atoms with E-state index in [2.05, 4.69) is 10.3 Å². The van der Waals surface area contributed by atoms with Crippen molar-refractivity contribution in [3.05, 3.63) is 71.5 Å². The highest BCUT2D eigenvalue weighted by molar-refractivity contribution is 6.17. The molecule has 1 amide bonds. The van der Waals surface area contributed by atoms with Gasteiger partial charge in [-0.2, -0.15) is 0 Å². The Morgan fingerprint density at radius 2 is 1.57 bits per heavy atom. The minimum atomic E-state index is -0.608. The molecule has 0 spiro atoms. The molecule has 3 aromatic rings. The van der Waals surface area contributed by atoms with Gasteiger partial charge < -0.3 is 9.47 Å². The van der Waals surface area contributed by atoms with Gasteiger partial charge in [0.25, 0.3) is 0 Å². The third-order valence-electron chi connectivity index (χ3n) is 4.21. The zero-order valence-electron chi connectivity index (χ0n) is 17.2. The Balaban J connectivity index is 1.88. The van der Waals surface area contributed by atoms with E-state index in [4.69, 9.17) is 9.47 Å². The lowest BCUT2D eigenvalue weighted by Gasteiger charge is -2.19. The molecule has 1 aromatic heterocycles. The van der Waals surface area contributed by atoms with Crippen molar-refractivity contribution in [2.75, 3.05) is 12.4 Å². The molecule has 1 heterocycles. The molecular weight excluding hydrogens is 384 g/mol. The van der Waals surface area contributed by atoms with Gasteiger partial charge in [0.2, 0.25) is 5.78 Å². The van der Waals surface area contributed by atoms with Crippen molar-refractivity contribution < 1.29 is 23.9 Å². The number of benzene rings is 2. The predicted molar refractivity (Wildman–Crippen MR) is 113 cm³/mol. The second-order valence-corrected chi connectivity index (χ2v) is 7.59. The maximum Gasteiger partial charge on any atom is 0.412 e. The van der Waals surface area contributed by atoms with Crippen molar-refractivity contribution in [1.29, 1.82) is 0 Å². The summed E-state index contributed by atoms with van der Waals surface area (Å²) in [6.45, 7) is 5.32. The van der Waals surface area contributed by atoms with Crippen LogP contribution in [0.5, 0.6) is 0 Å². The van der Waals surface area contributed by atoms with Crippen molar-refractivity contribution in [1.82, 2.24) is 4.98 Å². The van der Waals surface area contributed by atoms with Gasteiger partial charge in [0, 0.05) is 28.2 Å². The summed E-state index contributed by atoms with van der Waals surface area (Å²) in [5, 5.41) is 3.77. The number of amides is 1. The van der Waals surface area contributed by atoms with Crippen LogP contribution >= 0.6 is 0 Å². The largest absolute Gasteiger partial charge is 0.465 e. The fourth-order valence-electron chi connectivity index (χ4n) is 2.91. The second-order valence-electron chi connectivity index (χ2n) is 7.59. The van der Waals surface area contributed by atoms with Crippen LogP contribution in [0.1, 0.15) is 47.2 Å². The number of pyridine rings is 1. The first-order valence-electron chi connectivity index (χ1n) is 9.30. The quantitative estimate of drug-likeness (QED) is 0.503. The molecule has 0 aliphatic rings. The molecule has 2 aromatic carbocycles. The fourth-order valence-corrected chi connectivity index (χ4v) is 2.91. The van der Waals surface area contributed by atoms with Crippen LogP contribution < -0.4 is 5.32 Å². The number of ketones is 1. The molecule has 3 rings (SSSR count). The van der Waals surface area contributed by atoms with Gasteiger partial charge in [-0.3, -0.25) is 15.1 Å². The number of carbonyl (C=O) groups is 3. The summed E-state index contributed by atoms with van der Waals surface area (Å²) in [7, 11) is 1.29. The Morgan fingerprint density at radius 3 is 2.17 bits per heavy atom. The summed E-state index contributed by atoms with van der Waals surface area (Å²) in [6, 6.07) is 13.5. The molecule has 0 aliphatic carbocycles. The molecule has 0 radical (unpaired) electrons. The van der Waals surface area contributed by atoms with Crippen LogP contribution in [0.2, 0.25) is 0 Å². The first kappa shape index (κ1) is 21.0. The third kappa shape index (κ3) is 4.63. The van der Waals surface area contributed by atoms with Gasteiger partial charge in [0.05, 0.1) is 12.7 Å². The number of esters is 1. The molecule has 154 valence electrons. The molecule has 7 nitrogen and oxygen atoms in total. The van der Waals surface area contributed by atoms with E-state index in [-0.39, 0.29) is 11.5 Å². The molecular formula is C23H22N2O5. The standard InChI is InChI=1S/C23H22N2O5/c1-23(2,3)30-22(28)25-15-11-9-14(10-12-15)20(26)19-17-8-6-5-7-16(17)18(13-24-19)21(27)29-4/h5-13H,1-4H3,(H,25,28). The van der Waals surface area contributed by atoms with E-state index in [0.29, 0.717) is 27.6 Å². The molecule has 1 N–H and O–H groups in total. The van der Waals surface area contributed by atoms with Crippen molar-refractivity contribution >= 4 is 34.3 Å². The number of ether oxygens (including phenoxy) is 2. The molecule has 0 unspecified atom stereocenters. The number of hydrogen-bond acceptors (Lipinski definition) is 6. The summed E-state index contributed by atoms with van der Waals surface area (Å²) < 4.78 is 10.0. The highest BCUT2D eigenvalue weighted by atomic mass is 16.6. The van der Waals surface area contributed by atoms with Crippen molar-refractivity contribution in [3.63, 3.8) is 0 Å². The lowest BCUT2D eigenvalue weighted by Crippen LogP contribution is -2.27. The molecule has 7 heteroatoms. The first-order valence-corrected chi connectivity index (χ1v) is 9.30. The summed E-state index contributed by atoms with van der Waals surface area (Å²) >= 11 is 0. The van der Waals surface area contributed by atoms with E-state index in [1.54, 1.807) is 69.3 Å². The van der Waals surface area contributed by atoms with E-state index >= 15 is 0 Å². The SMILES string of the molecule is COC(=O)c1cnc(C(=O)c2ccc(NC(=O)OC(C)(C)C)cc2)c2ccccc12. The Bertz CT molecular complexity index is 1110. The van der Waals surface area contributed by atoms with Crippen LogP contribution in [0.25, 0.3) is 10.8 Å². The van der Waals surface area contributed by atoms with Gasteiger partial charge in [-0.05, 0) is 45.0 Å². The molecule has 0 atom stereocenters. The number of fused-ring (bicyclic) bond motifs is 1. The molecule has 0 saturated heterocycles. The van der Waals surface area contributed by atoms with E-state index in [9.17, 15) is 14.4 Å². The molecule has 30 heavy (non-hydrogen) atoms. The average Bonchev–Trinajstić information content (AvgIpc) is 2.71. The summed E-state index contributed by atoms with van der Waals surface area (Å²) in [5.74, 6) is -0.818. The minimum absolute atomic E-state index is 0.228. The van der Waals surface area contributed by atoms with Gasteiger partial charge in [-0.1, -0.05) is 24.3 Å². The van der Waals surface area contributed by atoms with Gasteiger partial charge in [-0.15, -0.1) is 0 Å². The zero-order chi connectivity index (χ0) is 21.9. The van der Waals surface area contributed by atoms with Crippen molar-refractivity contribution in [2.24, 2.45) is 0 Å². The second kappa shape index (κ2) is 8.32. The van der Waals surface area contributed by atoms with Crippen LogP contribution in [0.4, 0.5) is 10.5 Å². The number of rotatable bonds is 4. The van der Waals surface area contributed by atoms with Gasteiger partial charge >= 0.3 is 12.1 Å².